The molecule has 0 bridgehead atoms. The Kier molecular flexibility index (Phi) is 4.48. The smallest absolute Gasteiger partial charge is 0.252 e. The molecule has 3 aromatic rings. The van der Waals surface area contributed by atoms with Gasteiger partial charge in [-0.1, -0.05) is 34.1 Å². The van der Waals surface area contributed by atoms with Gasteiger partial charge in [0.2, 0.25) is 0 Å². The average molecular weight is 445 g/mol. The molecule has 1 saturated heterocycles. The van der Waals surface area contributed by atoms with Crippen molar-refractivity contribution in [3.8, 4) is 0 Å². The number of hydrogen-bond acceptors (Lipinski definition) is 3. The molecule has 1 amide bonds. The van der Waals surface area contributed by atoms with Crippen LogP contribution in [0, 0.1) is 5.92 Å². The molecule has 6 heteroatoms. The van der Waals surface area contributed by atoms with Crippen molar-refractivity contribution in [1.82, 2.24) is 20.5 Å². The molecule has 1 aliphatic heterocycles. The van der Waals surface area contributed by atoms with Crippen LogP contribution in [0.3, 0.4) is 0 Å². The molecule has 1 atom stereocenters. The summed E-state index contributed by atoms with van der Waals surface area (Å²) < 4.78 is 1.10. The van der Waals surface area contributed by atoms with E-state index in [-0.39, 0.29) is 11.8 Å². The van der Waals surface area contributed by atoms with Gasteiger partial charge in [0.25, 0.3) is 5.91 Å². The van der Waals surface area contributed by atoms with Gasteiger partial charge in [-0.3, -0.25) is 14.9 Å². The quantitative estimate of drug-likeness (QED) is 0.568. The molecule has 1 unspecified atom stereocenters. The number of nitrogens with zero attached hydrogens (tertiary/aromatic N) is 2. The van der Waals surface area contributed by atoms with Crippen LogP contribution in [0.2, 0.25) is 0 Å². The monoisotopic (exact) mass is 444 g/mol. The van der Waals surface area contributed by atoms with Gasteiger partial charge in [-0.25, -0.2) is 0 Å². The normalized spacial score (nSPS) is 20.1. The van der Waals surface area contributed by atoms with E-state index in [2.05, 4.69) is 36.4 Å². The van der Waals surface area contributed by atoms with Crippen molar-refractivity contribution in [2.45, 2.75) is 6.42 Å². The van der Waals surface area contributed by atoms with E-state index in [0.717, 1.165) is 49.9 Å². The van der Waals surface area contributed by atoms with E-state index < -0.39 is 0 Å². The summed E-state index contributed by atoms with van der Waals surface area (Å²) in [5.41, 5.74) is 5.62. The Hall–Kier alpha value is -3.25. The van der Waals surface area contributed by atoms with Crippen LogP contribution in [0.15, 0.2) is 70.6 Å². The predicted octanol–water partition coefficient (Wildman–Crippen LogP) is 4.82. The fourth-order valence-electron chi connectivity index (χ4n) is 3.71. The van der Waals surface area contributed by atoms with E-state index in [1.807, 2.05) is 60.7 Å². The van der Waals surface area contributed by atoms with E-state index >= 15 is 0 Å². The average Bonchev–Trinajstić information content (AvgIpc) is 3.28. The van der Waals surface area contributed by atoms with E-state index in [1.165, 1.54) is 0 Å². The van der Waals surface area contributed by atoms with E-state index in [0.29, 0.717) is 0 Å². The number of pyridine rings is 1. The third kappa shape index (κ3) is 3.47. The fourth-order valence-corrected chi connectivity index (χ4v) is 4.16. The lowest BCUT2D eigenvalue weighted by Crippen LogP contribution is -2.13. The topological polar surface area (TPSA) is 70.7 Å². The second kappa shape index (κ2) is 7.29. The molecule has 2 aromatic heterocycles. The Balaban J connectivity index is 1.45. The summed E-state index contributed by atoms with van der Waals surface area (Å²) in [5.74, 6) is 0.0562. The number of allylic oxidation sites excluding steroid dienone is 4. The maximum absolute atomic E-state index is 12.4. The van der Waals surface area contributed by atoms with Crippen LogP contribution in [0.25, 0.3) is 29.1 Å². The lowest BCUT2D eigenvalue weighted by molar-refractivity contribution is -0.115. The number of halogens is 1. The minimum atomic E-state index is -0.0254. The Bertz CT molecular complexity index is 1230. The number of nitrogens with one attached hydrogen (secondary N) is 2. The molecule has 5 nitrogen and oxygen atoms in total. The summed E-state index contributed by atoms with van der Waals surface area (Å²) >= 11 is 3.55. The van der Waals surface area contributed by atoms with Gasteiger partial charge in [0.05, 0.1) is 11.2 Å². The van der Waals surface area contributed by atoms with Crippen molar-refractivity contribution < 1.29 is 4.79 Å². The van der Waals surface area contributed by atoms with Gasteiger partial charge >= 0.3 is 0 Å². The molecule has 29 heavy (non-hydrogen) atoms. The Morgan fingerprint density at radius 3 is 2.79 bits per heavy atom. The molecule has 5 rings (SSSR count). The largest absolute Gasteiger partial charge is 0.325 e. The first-order chi connectivity index (χ1) is 14.2. The first-order valence-electron chi connectivity index (χ1n) is 9.33. The molecule has 0 spiro atoms. The van der Waals surface area contributed by atoms with Gasteiger partial charge in [-0.15, -0.1) is 0 Å². The number of carbonyl (C=O) groups excluding carboxylic acids is 1. The number of benzene rings is 1. The Morgan fingerprint density at radius 2 is 1.93 bits per heavy atom. The number of H-pyrrole nitrogens is 1. The SMILES string of the molecule is O=C1NC2=CC=C(Br)CC2/C1=C\c1ccc2c(/C=C/c3ccncc3)n[nH]c2c1. The van der Waals surface area contributed by atoms with Gasteiger partial charge in [-0.2, -0.15) is 5.10 Å². The second-order valence-corrected chi connectivity index (χ2v) is 8.09. The van der Waals surface area contributed by atoms with Crippen molar-refractivity contribution in [1.29, 1.82) is 0 Å². The number of aromatic amines is 1. The van der Waals surface area contributed by atoms with Gasteiger partial charge in [0, 0.05) is 35.0 Å². The number of carbonyl (C=O) groups is 1. The van der Waals surface area contributed by atoms with Gasteiger partial charge in [-0.05, 0) is 64.5 Å². The summed E-state index contributed by atoms with van der Waals surface area (Å²) in [5, 5.41) is 11.5. The molecule has 2 N–H and O–H groups in total. The number of amides is 1. The van der Waals surface area contributed by atoms with Crippen molar-refractivity contribution in [2.75, 3.05) is 0 Å². The van der Waals surface area contributed by atoms with Crippen LogP contribution in [0.5, 0.6) is 0 Å². The van der Waals surface area contributed by atoms with Gasteiger partial charge in [0.15, 0.2) is 0 Å². The minimum absolute atomic E-state index is 0.0254. The van der Waals surface area contributed by atoms with Crippen LogP contribution in [0.1, 0.15) is 23.2 Å². The Morgan fingerprint density at radius 1 is 1.07 bits per heavy atom. The van der Waals surface area contributed by atoms with Crippen molar-refractivity contribution in [2.24, 2.45) is 5.92 Å². The fraction of sp³-hybridized carbons (Fsp3) is 0.0870. The van der Waals surface area contributed by atoms with Crippen LogP contribution in [-0.2, 0) is 4.79 Å². The molecular formula is C23H17BrN4O. The highest BCUT2D eigenvalue weighted by Crippen LogP contribution is 2.37. The molecule has 0 radical (unpaired) electrons. The van der Waals surface area contributed by atoms with E-state index in [4.69, 9.17) is 0 Å². The van der Waals surface area contributed by atoms with Crippen LogP contribution >= 0.6 is 15.9 Å². The summed E-state index contributed by atoms with van der Waals surface area (Å²) in [4.78, 5) is 16.5. The number of hydrogen-bond donors (Lipinski definition) is 2. The highest BCUT2D eigenvalue weighted by atomic mass is 79.9. The lowest BCUT2D eigenvalue weighted by Gasteiger charge is -2.15. The first kappa shape index (κ1) is 17.8. The highest BCUT2D eigenvalue weighted by molar-refractivity contribution is 9.11. The summed E-state index contributed by atoms with van der Waals surface area (Å²) in [6, 6.07) is 9.99. The molecule has 1 fully saturated rings. The van der Waals surface area contributed by atoms with Crippen molar-refractivity contribution in [3.05, 3.63) is 87.5 Å². The maximum atomic E-state index is 12.4. The summed E-state index contributed by atoms with van der Waals surface area (Å²) in [6.45, 7) is 0. The standard InChI is InChI=1S/C23H17BrN4O/c24-16-3-6-20-18(13-16)19(23(29)26-20)11-15-1-4-17-21(27-28-22(17)12-15)5-2-14-7-9-25-10-8-14/h1-12,18H,13H2,(H,26,29)(H,27,28)/b5-2+,19-11+. The molecule has 1 aromatic carbocycles. The summed E-state index contributed by atoms with van der Waals surface area (Å²) in [6.07, 6.45) is 14.3. The zero-order chi connectivity index (χ0) is 19.8. The Labute approximate surface area is 176 Å². The predicted molar refractivity (Wildman–Crippen MR) is 119 cm³/mol. The molecule has 3 heterocycles. The number of rotatable bonds is 3. The zero-order valence-corrected chi connectivity index (χ0v) is 17.0. The second-order valence-electron chi connectivity index (χ2n) is 7.07. The molecule has 142 valence electrons. The van der Waals surface area contributed by atoms with Crippen molar-refractivity contribution in [3.63, 3.8) is 0 Å². The number of fused-ring (bicyclic) bond motifs is 2. The summed E-state index contributed by atoms with van der Waals surface area (Å²) in [7, 11) is 0. The first-order valence-corrected chi connectivity index (χ1v) is 10.1. The minimum Gasteiger partial charge on any atom is -0.325 e. The van der Waals surface area contributed by atoms with E-state index in [9.17, 15) is 4.79 Å². The third-order valence-corrected chi connectivity index (χ3v) is 5.78. The maximum Gasteiger partial charge on any atom is 0.252 e. The van der Waals surface area contributed by atoms with Crippen LogP contribution in [0.4, 0.5) is 0 Å². The molecular weight excluding hydrogens is 428 g/mol. The number of aromatic nitrogens is 3. The molecule has 2 aliphatic rings. The van der Waals surface area contributed by atoms with Crippen molar-refractivity contribution >= 4 is 51.0 Å². The van der Waals surface area contributed by atoms with Crippen LogP contribution in [-0.4, -0.2) is 21.1 Å². The van der Waals surface area contributed by atoms with E-state index in [1.54, 1.807) is 12.4 Å². The third-order valence-electron chi connectivity index (χ3n) is 5.19. The molecule has 0 saturated carbocycles. The van der Waals surface area contributed by atoms with Gasteiger partial charge < -0.3 is 5.32 Å². The zero-order valence-electron chi connectivity index (χ0n) is 15.4. The highest BCUT2D eigenvalue weighted by Gasteiger charge is 2.34. The molecule has 1 aliphatic carbocycles. The van der Waals surface area contributed by atoms with Gasteiger partial charge in [0.1, 0.15) is 0 Å². The lowest BCUT2D eigenvalue weighted by atomic mass is 9.91. The van der Waals surface area contributed by atoms with Crippen LogP contribution < -0.4 is 5.32 Å².